The topological polar surface area (TPSA) is 88.1 Å². The van der Waals surface area contributed by atoms with Crippen molar-refractivity contribution >= 4 is 28.9 Å². The number of anilines is 2. The molecule has 6 heteroatoms. The Bertz CT molecular complexity index is 693. The summed E-state index contributed by atoms with van der Waals surface area (Å²) in [6.07, 6.45) is 0. The number of nitrogens with two attached hydrogens (primary N) is 1. The van der Waals surface area contributed by atoms with Crippen molar-refractivity contribution in [2.24, 2.45) is 0 Å². The normalized spacial score (nSPS) is 9.71. The highest BCUT2D eigenvalue weighted by molar-refractivity contribution is 6.34. The van der Waals surface area contributed by atoms with Gasteiger partial charge in [-0.05, 0) is 42.5 Å². The van der Waals surface area contributed by atoms with Crippen LogP contribution in [-0.4, -0.2) is 12.5 Å². The summed E-state index contributed by atoms with van der Waals surface area (Å²) in [7, 11) is 0. The first-order valence-corrected chi connectivity index (χ1v) is 6.44. The zero-order valence-corrected chi connectivity index (χ0v) is 11.7. The second-order valence-corrected chi connectivity index (χ2v) is 4.62. The summed E-state index contributed by atoms with van der Waals surface area (Å²) in [6, 6.07) is 13.3. The molecule has 106 valence electrons. The monoisotopic (exact) mass is 301 g/mol. The van der Waals surface area contributed by atoms with Crippen LogP contribution in [0.1, 0.15) is 5.56 Å². The van der Waals surface area contributed by atoms with Crippen LogP contribution in [-0.2, 0) is 4.79 Å². The van der Waals surface area contributed by atoms with E-state index in [1.165, 1.54) is 0 Å². The standard InChI is InChI=1S/C15H12ClN3O2/c16-13-7-11(18)3-6-14(13)19-15(20)9-21-12-4-1-10(8-17)2-5-12/h1-7H,9,18H2,(H,19,20). The van der Waals surface area contributed by atoms with E-state index in [1.807, 2.05) is 6.07 Å². The lowest BCUT2D eigenvalue weighted by Crippen LogP contribution is -2.20. The quantitative estimate of drug-likeness (QED) is 0.850. The van der Waals surface area contributed by atoms with Crippen LogP contribution in [0.15, 0.2) is 42.5 Å². The Balaban J connectivity index is 1.91. The van der Waals surface area contributed by atoms with Crippen LogP contribution in [0, 0.1) is 11.3 Å². The molecule has 2 aromatic rings. The lowest BCUT2D eigenvalue weighted by atomic mass is 10.2. The number of carbonyl (C=O) groups is 1. The number of nitrogen functional groups attached to an aromatic ring is 1. The first-order chi connectivity index (χ1) is 10.1. The average Bonchev–Trinajstić information content (AvgIpc) is 2.48. The summed E-state index contributed by atoms with van der Waals surface area (Å²) in [4.78, 5) is 11.8. The molecule has 0 spiro atoms. The highest BCUT2D eigenvalue weighted by Gasteiger charge is 2.07. The second kappa shape index (κ2) is 6.64. The molecule has 0 aliphatic rings. The molecular formula is C15H12ClN3O2. The zero-order chi connectivity index (χ0) is 15.2. The van der Waals surface area contributed by atoms with Gasteiger partial charge in [-0.2, -0.15) is 5.26 Å². The lowest BCUT2D eigenvalue weighted by molar-refractivity contribution is -0.118. The number of nitriles is 1. The number of hydrogen-bond donors (Lipinski definition) is 2. The summed E-state index contributed by atoms with van der Waals surface area (Å²) in [6.45, 7) is -0.160. The van der Waals surface area contributed by atoms with E-state index < -0.39 is 0 Å². The van der Waals surface area contributed by atoms with E-state index in [0.29, 0.717) is 27.7 Å². The maximum atomic E-state index is 11.8. The van der Waals surface area contributed by atoms with Gasteiger partial charge in [-0.15, -0.1) is 0 Å². The highest BCUT2D eigenvalue weighted by Crippen LogP contribution is 2.23. The number of hydrogen-bond acceptors (Lipinski definition) is 4. The van der Waals surface area contributed by atoms with Crippen molar-refractivity contribution in [3.63, 3.8) is 0 Å². The summed E-state index contributed by atoms with van der Waals surface area (Å²) in [5.74, 6) is 0.165. The van der Waals surface area contributed by atoms with Crippen molar-refractivity contribution in [3.05, 3.63) is 53.1 Å². The molecule has 0 fully saturated rings. The van der Waals surface area contributed by atoms with Crippen molar-refractivity contribution < 1.29 is 9.53 Å². The molecule has 1 amide bonds. The van der Waals surface area contributed by atoms with Crippen LogP contribution in [0.4, 0.5) is 11.4 Å². The van der Waals surface area contributed by atoms with Crippen LogP contribution in [0.25, 0.3) is 0 Å². The number of nitrogens with zero attached hydrogens (tertiary/aromatic N) is 1. The second-order valence-electron chi connectivity index (χ2n) is 4.21. The molecule has 0 bridgehead atoms. The third-order valence-corrected chi connectivity index (χ3v) is 2.93. The Kier molecular flexibility index (Phi) is 4.64. The molecule has 2 rings (SSSR count). The largest absolute Gasteiger partial charge is 0.484 e. The first kappa shape index (κ1) is 14.7. The molecule has 2 aromatic carbocycles. The predicted molar refractivity (Wildman–Crippen MR) is 81.1 cm³/mol. The van der Waals surface area contributed by atoms with Gasteiger partial charge in [0.25, 0.3) is 5.91 Å². The van der Waals surface area contributed by atoms with Crippen LogP contribution in [0.3, 0.4) is 0 Å². The van der Waals surface area contributed by atoms with Crippen molar-refractivity contribution in [2.45, 2.75) is 0 Å². The fraction of sp³-hybridized carbons (Fsp3) is 0.0667. The fourth-order valence-corrected chi connectivity index (χ4v) is 1.83. The van der Waals surface area contributed by atoms with Gasteiger partial charge in [0.15, 0.2) is 6.61 Å². The number of benzene rings is 2. The molecule has 0 heterocycles. The summed E-state index contributed by atoms with van der Waals surface area (Å²) in [5.41, 5.74) is 7.09. The third-order valence-electron chi connectivity index (χ3n) is 2.62. The average molecular weight is 302 g/mol. The van der Waals surface area contributed by atoms with E-state index in [-0.39, 0.29) is 12.5 Å². The minimum absolute atomic E-state index is 0.160. The fourth-order valence-electron chi connectivity index (χ4n) is 1.59. The van der Waals surface area contributed by atoms with Gasteiger partial charge in [-0.1, -0.05) is 11.6 Å². The molecule has 0 atom stereocenters. The van der Waals surface area contributed by atoms with Gasteiger partial charge >= 0.3 is 0 Å². The van der Waals surface area contributed by atoms with E-state index >= 15 is 0 Å². The van der Waals surface area contributed by atoms with E-state index in [9.17, 15) is 4.79 Å². The van der Waals surface area contributed by atoms with Crippen molar-refractivity contribution in [2.75, 3.05) is 17.7 Å². The molecular weight excluding hydrogens is 290 g/mol. The van der Waals surface area contributed by atoms with E-state index in [4.69, 9.17) is 27.3 Å². The minimum atomic E-state index is -0.342. The van der Waals surface area contributed by atoms with E-state index in [1.54, 1.807) is 42.5 Å². The van der Waals surface area contributed by atoms with Gasteiger partial charge in [0.1, 0.15) is 5.75 Å². The summed E-state index contributed by atoms with van der Waals surface area (Å²) >= 11 is 5.96. The molecule has 0 aromatic heterocycles. The Morgan fingerprint density at radius 1 is 1.29 bits per heavy atom. The Morgan fingerprint density at radius 3 is 2.62 bits per heavy atom. The molecule has 0 radical (unpaired) electrons. The molecule has 0 saturated carbocycles. The number of halogens is 1. The smallest absolute Gasteiger partial charge is 0.262 e. The van der Waals surface area contributed by atoms with Gasteiger partial charge < -0.3 is 15.8 Å². The van der Waals surface area contributed by atoms with Gasteiger partial charge in [0, 0.05) is 5.69 Å². The van der Waals surface area contributed by atoms with Gasteiger partial charge in [-0.25, -0.2) is 0 Å². The Labute approximate surface area is 126 Å². The first-order valence-electron chi connectivity index (χ1n) is 6.06. The highest BCUT2D eigenvalue weighted by atomic mass is 35.5. The van der Waals surface area contributed by atoms with Crippen LogP contribution in [0.5, 0.6) is 5.75 Å². The molecule has 21 heavy (non-hydrogen) atoms. The summed E-state index contributed by atoms with van der Waals surface area (Å²) in [5, 5.41) is 11.7. The minimum Gasteiger partial charge on any atom is -0.484 e. The van der Waals surface area contributed by atoms with Crippen LogP contribution >= 0.6 is 11.6 Å². The lowest BCUT2D eigenvalue weighted by Gasteiger charge is -2.09. The van der Waals surface area contributed by atoms with Gasteiger partial charge in [0.2, 0.25) is 0 Å². The SMILES string of the molecule is N#Cc1ccc(OCC(=O)Nc2ccc(N)cc2Cl)cc1. The van der Waals surface area contributed by atoms with Crippen LogP contribution < -0.4 is 15.8 Å². The molecule has 5 nitrogen and oxygen atoms in total. The van der Waals surface area contributed by atoms with E-state index in [0.717, 1.165) is 0 Å². The number of amides is 1. The number of rotatable bonds is 4. The van der Waals surface area contributed by atoms with Gasteiger partial charge in [0.05, 0.1) is 22.3 Å². The molecule has 0 aliphatic heterocycles. The van der Waals surface area contributed by atoms with Crippen molar-refractivity contribution in [3.8, 4) is 11.8 Å². The maximum absolute atomic E-state index is 11.8. The zero-order valence-electron chi connectivity index (χ0n) is 11.0. The number of nitrogens with one attached hydrogen (secondary N) is 1. The molecule has 0 aliphatic carbocycles. The van der Waals surface area contributed by atoms with Crippen molar-refractivity contribution in [1.29, 1.82) is 5.26 Å². The van der Waals surface area contributed by atoms with Gasteiger partial charge in [-0.3, -0.25) is 4.79 Å². The van der Waals surface area contributed by atoms with Crippen molar-refractivity contribution in [1.82, 2.24) is 0 Å². The third kappa shape index (κ3) is 4.13. The molecule has 3 N–H and O–H groups in total. The predicted octanol–water partition coefficient (Wildman–Crippen LogP) is 2.81. The number of carbonyl (C=O) groups excluding carboxylic acids is 1. The maximum Gasteiger partial charge on any atom is 0.262 e. The Morgan fingerprint density at radius 2 is 2.00 bits per heavy atom. The molecule has 0 unspecified atom stereocenters. The van der Waals surface area contributed by atoms with Crippen LogP contribution in [0.2, 0.25) is 5.02 Å². The summed E-state index contributed by atoms with van der Waals surface area (Å²) < 4.78 is 5.31. The number of ether oxygens (including phenoxy) is 1. The molecule has 0 saturated heterocycles. The Hall–Kier alpha value is -2.71. The van der Waals surface area contributed by atoms with E-state index in [2.05, 4.69) is 5.32 Å².